The number of methoxy groups -OCH3 is 1. The van der Waals surface area contributed by atoms with Crippen LogP contribution in [0.1, 0.15) is 18.4 Å². The molecule has 0 atom stereocenters. The average molecular weight is 343 g/mol. The Hall–Kier alpha value is -3.02. The zero-order valence-corrected chi connectivity index (χ0v) is 14.0. The van der Waals surface area contributed by atoms with E-state index in [1.807, 2.05) is 24.3 Å². The lowest BCUT2D eigenvalue weighted by Gasteiger charge is -2.10. The van der Waals surface area contributed by atoms with E-state index in [4.69, 9.17) is 14.6 Å². The summed E-state index contributed by atoms with van der Waals surface area (Å²) in [5.41, 5.74) is 1.48. The van der Waals surface area contributed by atoms with E-state index in [0.717, 1.165) is 5.56 Å². The molecule has 0 aliphatic rings. The summed E-state index contributed by atoms with van der Waals surface area (Å²) in [5, 5.41) is 11.4. The smallest absolute Gasteiger partial charge is 0.303 e. The summed E-state index contributed by atoms with van der Waals surface area (Å²) in [4.78, 5) is 22.6. The molecule has 2 aromatic rings. The molecule has 132 valence electrons. The van der Waals surface area contributed by atoms with Gasteiger partial charge in [0.1, 0.15) is 11.5 Å². The predicted octanol–water partition coefficient (Wildman–Crippen LogP) is 3.12. The van der Waals surface area contributed by atoms with Crippen molar-refractivity contribution in [3.63, 3.8) is 0 Å². The summed E-state index contributed by atoms with van der Waals surface area (Å²) in [5.74, 6) is 0.340. The molecule has 0 radical (unpaired) electrons. The van der Waals surface area contributed by atoms with Crippen molar-refractivity contribution < 1.29 is 24.2 Å². The van der Waals surface area contributed by atoms with Crippen molar-refractivity contribution in [3.05, 3.63) is 54.1 Å². The molecule has 0 heterocycles. The predicted molar refractivity (Wildman–Crippen MR) is 94.1 cm³/mol. The number of carboxylic acids is 1. The lowest BCUT2D eigenvalue weighted by atomic mass is 10.1. The van der Waals surface area contributed by atoms with Crippen LogP contribution in [0.15, 0.2) is 48.5 Å². The summed E-state index contributed by atoms with van der Waals surface area (Å²) < 4.78 is 10.7. The monoisotopic (exact) mass is 343 g/mol. The summed E-state index contributed by atoms with van der Waals surface area (Å²) in [6, 6.07) is 14.3. The van der Waals surface area contributed by atoms with Crippen molar-refractivity contribution >= 4 is 17.6 Å². The number of carbonyl (C=O) groups excluding carboxylic acids is 1. The number of aliphatic carboxylic acids is 1. The molecule has 0 unspecified atom stereocenters. The molecule has 2 rings (SSSR count). The Morgan fingerprint density at radius 2 is 1.80 bits per heavy atom. The zero-order chi connectivity index (χ0) is 18.1. The van der Waals surface area contributed by atoms with E-state index in [2.05, 4.69) is 5.32 Å². The molecule has 0 fully saturated rings. The summed E-state index contributed by atoms with van der Waals surface area (Å²) in [6.45, 7) is 0.339. The molecule has 0 saturated heterocycles. The minimum absolute atomic E-state index is 0.0804. The number of nitrogens with one attached hydrogen (secondary N) is 1. The van der Waals surface area contributed by atoms with Crippen molar-refractivity contribution in [1.29, 1.82) is 0 Å². The highest BCUT2D eigenvalue weighted by molar-refractivity contribution is 5.92. The van der Waals surface area contributed by atoms with Gasteiger partial charge in [0, 0.05) is 17.7 Å². The first kappa shape index (κ1) is 18.3. The van der Waals surface area contributed by atoms with E-state index < -0.39 is 5.97 Å². The first-order valence-corrected chi connectivity index (χ1v) is 7.95. The van der Waals surface area contributed by atoms with E-state index in [1.165, 1.54) is 0 Å². The summed E-state index contributed by atoms with van der Waals surface area (Å²) >= 11 is 0. The minimum atomic E-state index is -0.836. The molecule has 0 aromatic heterocycles. The molecule has 25 heavy (non-hydrogen) atoms. The van der Waals surface area contributed by atoms with Gasteiger partial charge in [0.2, 0.25) is 5.91 Å². The number of ether oxygens (including phenoxy) is 2. The Bertz CT molecular complexity index is 712. The van der Waals surface area contributed by atoms with Gasteiger partial charge in [0.15, 0.2) is 0 Å². The third-order valence-corrected chi connectivity index (χ3v) is 3.49. The van der Waals surface area contributed by atoms with Gasteiger partial charge >= 0.3 is 5.97 Å². The van der Waals surface area contributed by atoms with Crippen LogP contribution in [-0.4, -0.2) is 30.7 Å². The normalized spacial score (nSPS) is 10.1. The van der Waals surface area contributed by atoms with Gasteiger partial charge in [0.25, 0.3) is 0 Å². The minimum Gasteiger partial charge on any atom is -0.496 e. The fraction of sp³-hybridized carbons (Fsp3) is 0.263. The molecule has 1 amide bonds. The number of anilines is 1. The van der Waals surface area contributed by atoms with Crippen LogP contribution in [0.2, 0.25) is 0 Å². The number of rotatable bonds is 9. The second-order valence-electron chi connectivity index (χ2n) is 5.41. The number of amides is 1. The quantitative estimate of drug-likeness (QED) is 0.683. The van der Waals surface area contributed by atoms with Crippen LogP contribution < -0.4 is 14.8 Å². The van der Waals surface area contributed by atoms with E-state index in [9.17, 15) is 9.59 Å². The van der Waals surface area contributed by atoms with Crippen molar-refractivity contribution in [2.24, 2.45) is 0 Å². The van der Waals surface area contributed by atoms with E-state index >= 15 is 0 Å². The maximum Gasteiger partial charge on any atom is 0.303 e. The van der Waals surface area contributed by atoms with Crippen LogP contribution in [-0.2, 0) is 16.0 Å². The first-order valence-electron chi connectivity index (χ1n) is 7.95. The first-order chi connectivity index (χ1) is 12.1. The van der Waals surface area contributed by atoms with Crippen molar-refractivity contribution in [2.75, 3.05) is 19.0 Å². The number of hydrogen-bond acceptors (Lipinski definition) is 4. The molecule has 0 saturated carbocycles. The van der Waals surface area contributed by atoms with Crippen molar-refractivity contribution in [2.45, 2.75) is 19.3 Å². The Morgan fingerprint density at radius 1 is 1.08 bits per heavy atom. The molecule has 6 heteroatoms. The average Bonchev–Trinajstić information content (AvgIpc) is 2.60. The zero-order valence-electron chi connectivity index (χ0n) is 14.0. The Labute approximate surface area is 146 Å². The van der Waals surface area contributed by atoms with Crippen LogP contribution in [0.3, 0.4) is 0 Å². The molecule has 2 N–H and O–H groups in total. The molecule has 0 bridgehead atoms. The van der Waals surface area contributed by atoms with Crippen LogP contribution in [0.4, 0.5) is 5.69 Å². The van der Waals surface area contributed by atoms with Gasteiger partial charge < -0.3 is 19.9 Å². The van der Waals surface area contributed by atoms with Crippen molar-refractivity contribution in [1.82, 2.24) is 0 Å². The molecule has 2 aromatic carbocycles. The largest absolute Gasteiger partial charge is 0.496 e. The second-order valence-corrected chi connectivity index (χ2v) is 5.41. The molecule has 0 spiro atoms. The molecular formula is C19H21NO5. The number of carboxylic acid groups (broad SMARTS) is 1. The van der Waals surface area contributed by atoms with Gasteiger partial charge in [-0.05, 0) is 36.8 Å². The Balaban J connectivity index is 1.84. The number of hydrogen-bond donors (Lipinski definition) is 2. The second kappa shape index (κ2) is 9.32. The molecule has 0 aliphatic carbocycles. The highest BCUT2D eigenvalue weighted by Crippen LogP contribution is 2.19. The topological polar surface area (TPSA) is 84.9 Å². The molecular weight excluding hydrogens is 322 g/mol. The van der Waals surface area contributed by atoms with Crippen LogP contribution >= 0.6 is 0 Å². The van der Waals surface area contributed by atoms with Gasteiger partial charge in [-0.25, -0.2) is 0 Å². The van der Waals surface area contributed by atoms with Gasteiger partial charge in [-0.1, -0.05) is 18.2 Å². The fourth-order valence-corrected chi connectivity index (χ4v) is 2.28. The van der Waals surface area contributed by atoms with Crippen LogP contribution in [0, 0.1) is 0 Å². The van der Waals surface area contributed by atoms with Gasteiger partial charge in [0.05, 0.1) is 20.1 Å². The van der Waals surface area contributed by atoms with Crippen molar-refractivity contribution in [3.8, 4) is 11.5 Å². The van der Waals surface area contributed by atoms with Gasteiger partial charge in [-0.15, -0.1) is 0 Å². The van der Waals surface area contributed by atoms with E-state index in [-0.39, 0.29) is 18.7 Å². The van der Waals surface area contributed by atoms with Crippen LogP contribution in [0.25, 0.3) is 0 Å². The summed E-state index contributed by atoms with van der Waals surface area (Å²) in [6.07, 6.45) is 0.751. The standard InChI is InChI=1S/C19H21NO5/c1-24-17-6-3-2-5-14(17)13-18(21)20-15-8-10-16(11-9-15)25-12-4-7-19(22)23/h2-3,5-6,8-11H,4,7,12-13H2,1H3,(H,20,21)(H,22,23). The van der Waals surface area contributed by atoms with E-state index in [1.54, 1.807) is 31.4 Å². The lowest BCUT2D eigenvalue weighted by molar-refractivity contribution is -0.137. The fourth-order valence-electron chi connectivity index (χ4n) is 2.28. The third-order valence-electron chi connectivity index (χ3n) is 3.49. The number of para-hydroxylation sites is 1. The maximum absolute atomic E-state index is 12.2. The van der Waals surface area contributed by atoms with Gasteiger partial charge in [-0.3, -0.25) is 9.59 Å². The van der Waals surface area contributed by atoms with Crippen LogP contribution in [0.5, 0.6) is 11.5 Å². The number of benzene rings is 2. The molecule has 6 nitrogen and oxygen atoms in total. The Kier molecular flexibility index (Phi) is 6.83. The summed E-state index contributed by atoms with van der Waals surface area (Å²) in [7, 11) is 1.58. The Morgan fingerprint density at radius 3 is 2.48 bits per heavy atom. The molecule has 0 aliphatic heterocycles. The number of carbonyl (C=O) groups is 2. The highest BCUT2D eigenvalue weighted by atomic mass is 16.5. The van der Waals surface area contributed by atoms with Gasteiger partial charge in [-0.2, -0.15) is 0 Å². The maximum atomic E-state index is 12.2. The van der Waals surface area contributed by atoms with E-state index in [0.29, 0.717) is 30.2 Å². The third kappa shape index (κ3) is 6.18. The lowest BCUT2D eigenvalue weighted by Crippen LogP contribution is -2.14. The highest BCUT2D eigenvalue weighted by Gasteiger charge is 2.08. The SMILES string of the molecule is COc1ccccc1CC(=O)Nc1ccc(OCCCC(=O)O)cc1.